The van der Waals surface area contributed by atoms with E-state index in [9.17, 15) is 8.42 Å². The molecule has 0 heterocycles. The predicted molar refractivity (Wildman–Crippen MR) is 57.0 cm³/mol. The lowest BCUT2D eigenvalue weighted by Gasteiger charge is -2.31. The predicted octanol–water partition coefficient (Wildman–Crippen LogP) is -0.287. The van der Waals surface area contributed by atoms with Crippen molar-refractivity contribution in [3.8, 4) is 0 Å². The lowest BCUT2D eigenvalue weighted by molar-refractivity contribution is 0.0453. The van der Waals surface area contributed by atoms with E-state index in [1.807, 2.05) is 6.92 Å². The summed E-state index contributed by atoms with van der Waals surface area (Å²) < 4.78 is 30.3. The Balaban J connectivity index is 2.13. The number of nitrogens with one attached hydrogen (secondary N) is 1. The van der Waals surface area contributed by atoms with Crippen molar-refractivity contribution in [3.05, 3.63) is 0 Å². The van der Waals surface area contributed by atoms with Crippen molar-refractivity contribution < 1.29 is 18.3 Å². The highest BCUT2D eigenvalue weighted by atomic mass is 32.2. The second-order valence-corrected chi connectivity index (χ2v) is 5.78. The standard InChI is InChI=1S/C9H19NO4S/c1-2-14-3-4-15(12,13)10-7-8-5-9(11)6-8/h8-11H,2-7H2,1H3. The quantitative estimate of drug-likeness (QED) is 0.597. The van der Waals surface area contributed by atoms with Gasteiger partial charge < -0.3 is 9.84 Å². The van der Waals surface area contributed by atoms with Gasteiger partial charge in [-0.1, -0.05) is 0 Å². The highest BCUT2D eigenvalue weighted by molar-refractivity contribution is 7.89. The minimum Gasteiger partial charge on any atom is -0.393 e. The monoisotopic (exact) mass is 237 g/mol. The molecule has 1 fully saturated rings. The first kappa shape index (κ1) is 12.9. The molecule has 0 unspecified atom stereocenters. The summed E-state index contributed by atoms with van der Waals surface area (Å²) >= 11 is 0. The van der Waals surface area contributed by atoms with E-state index in [0.29, 0.717) is 31.9 Å². The van der Waals surface area contributed by atoms with Crippen LogP contribution in [0, 0.1) is 5.92 Å². The van der Waals surface area contributed by atoms with E-state index in [4.69, 9.17) is 9.84 Å². The number of hydrogen-bond donors (Lipinski definition) is 2. The second kappa shape index (κ2) is 5.79. The van der Waals surface area contributed by atoms with Crippen molar-refractivity contribution in [2.45, 2.75) is 25.9 Å². The van der Waals surface area contributed by atoms with Crippen LogP contribution >= 0.6 is 0 Å². The Morgan fingerprint density at radius 3 is 2.67 bits per heavy atom. The van der Waals surface area contributed by atoms with Crippen molar-refractivity contribution in [2.24, 2.45) is 5.92 Å². The van der Waals surface area contributed by atoms with Crippen molar-refractivity contribution in [2.75, 3.05) is 25.5 Å². The third-order valence-electron chi connectivity index (χ3n) is 2.50. The lowest BCUT2D eigenvalue weighted by atomic mass is 9.83. The van der Waals surface area contributed by atoms with Crippen LogP contribution in [0.15, 0.2) is 0 Å². The summed E-state index contributed by atoms with van der Waals surface area (Å²) in [6.45, 7) is 3.03. The summed E-state index contributed by atoms with van der Waals surface area (Å²) in [5.74, 6) is 0.303. The maximum Gasteiger partial charge on any atom is 0.213 e. The first-order valence-electron chi connectivity index (χ1n) is 5.26. The molecular formula is C9H19NO4S. The van der Waals surface area contributed by atoms with Gasteiger partial charge in [-0.2, -0.15) is 0 Å². The Labute approximate surface area is 90.9 Å². The third-order valence-corrected chi connectivity index (χ3v) is 3.81. The largest absolute Gasteiger partial charge is 0.393 e. The van der Waals surface area contributed by atoms with E-state index in [1.54, 1.807) is 0 Å². The highest BCUT2D eigenvalue weighted by Crippen LogP contribution is 2.26. The van der Waals surface area contributed by atoms with Crippen LogP contribution in [0.5, 0.6) is 0 Å². The molecule has 0 aromatic rings. The van der Waals surface area contributed by atoms with Gasteiger partial charge in [0.1, 0.15) is 0 Å². The molecule has 1 rings (SSSR count). The molecule has 0 bridgehead atoms. The Hall–Kier alpha value is -0.170. The van der Waals surface area contributed by atoms with Gasteiger partial charge in [0.25, 0.3) is 0 Å². The van der Waals surface area contributed by atoms with E-state index in [2.05, 4.69) is 4.72 Å². The maximum absolute atomic E-state index is 11.4. The Morgan fingerprint density at radius 2 is 2.13 bits per heavy atom. The molecular weight excluding hydrogens is 218 g/mol. The smallest absolute Gasteiger partial charge is 0.213 e. The Morgan fingerprint density at radius 1 is 1.47 bits per heavy atom. The fourth-order valence-electron chi connectivity index (χ4n) is 1.50. The number of rotatable bonds is 7. The van der Waals surface area contributed by atoms with E-state index in [0.717, 1.165) is 0 Å². The van der Waals surface area contributed by atoms with Gasteiger partial charge in [-0.25, -0.2) is 13.1 Å². The minimum atomic E-state index is -3.20. The number of ether oxygens (including phenoxy) is 1. The molecule has 0 aromatic carbocycles. The molecule has 1 saturated carbocycles. The van der Waals surface area contributed by atoms with Crippen molar-refractivity contribution in [1.29, 1.82) is 0 Å². The summed E-state index contributed by atoms with van der Waals surface area (Å²) in [5.41, 5.74) is 0. The van der Waals surface area contributed by atoms with Crippen LogP contribution in [-0.2, 0) is 14.8 Å². The van der Waals surface area contributed by atoms with Crippen LogP contribution < -0.4 is 4.72 Å². The van der Waals surface area contributed by atoms with Gasteiger partial charge in [-0.15, -0.1) is 0 Å². The molecule has 0 amide bonds. The summed E-state index contributed by atoms with van der Waals surface area (Å²) in [6.07, 6.45) is 1.17. The zero-order chi connectivity index (χ0) is 11.3. The molecule has 2 N–H and O–H groups in total. The molecule has 0 aliphatic heterocycles. The average Bonchev–Trinajstić information content (AvgIpc) is 2.11. The molecule has 0 radical (unpaired) electrons. The van der Waals surface area contributed by atoms with Crippen LogP contribution in [-0.4, -0.2) is 45.1 Å². The van der Waals surface area contributed by atoms with E-state index in [1.165, 1.54) is 0 Å². The molecule has 0 spiro atoms. The molecule has 6 heteroatoms. The second-order valence-electron chi connectivity index (χ2n) is 3.86. The summed E-state index contributed by atoms with van der Waals surface area (Å²) in [5, 5.41) is 9.02. The Bertz CT molecular complexity index is 272. The fourth-order valence-corrected chi connectivity index (χ4v) is 2.47. The van der Waals surface area contributed by atoms with E-state index in [-0.39, 0.29) is 18.5 Å². The number of aliphatic hydroxyl groups is 1. The van der Waals surface area contributed by atoms with Crippen molar-refractivity contribution in [1.82, 2.24) is 4.72 Å². The van der Waals surface area contributed by atoms with Crippen LogP contribution in [0.25, 0.3) is 0 Å². The van der Waals surface area contributed by atoms with Crippen LogP contribution in [0.1, 0.15) is 19.8 Å². The molecule has 90 valence electrons. The van der Waals surface area contributed by atoms with Gasteiger partial charge in [0.2, 0.25) is 10.0 Å². The summed E-state index contributed by atoms with van der Waals surface area (Å²) in [4.78, 5) is 0. The van der Waals surface area contributed by atoms with Gasteiger partial charge in [0.05, 0.1) is 18.5 Å². The van der Waals surface area contributed by atoms with Gasteiger partial charge in [-0.3, -0.25) is 0 Å². The lowest BCUT2D eigenvalue weighted by Crippen LogP contribution is -2.39. The number of hydrogen-bond acceptors (Lipinski definition) is 4. The number of aliphatic hydroxyl groups excluding tert-OH is 1. The number of sulfonamides is 1. The summed E-state index contributed by atoms with van der Waals surface area (Å²) in [7, 11) is -3.20. The zero-order valence-electron chi connectivity index (χ0n) is 8.98. The van der Waals surface area contributed by atoms with Crippen molar-refractivity contribution >= 4 is 10.0 Å². The molecule has 0 atom stereocenters. The third kappa shape index (κ3) is 4.92. The molecule has 1 aliphatic carbocycles. The van der Waals surface area contributed by atoms with E-state index < -0.39 is 10.0 Å². The van der Waals surface area contributed by atoms with Crippen LogP contribution in [0.3, 0.4) is 0 Å². The van der Waals surface area contributed by atoms with Gasteiger partial charge in [0, 0.05) is 13.2 Å². The van der Waals surface area contributed by atoms with Crippen LogP contribution in [0.2, 0.25) is 0 Å². The topological polar surface area (TPSA) is 75.6 Å². The molecule has 5 nitrogen and oxygen atoms in total. The average molecular weight is 237 g/mol. The van der Waals surface area contributed by atoms with E-state index >= 15 is 0 Å². The molecule has 0 saturated heterocycles. The maximum atomic E-state index is 11.4. The molecule has 15 heavy (non-hydrogen) atoms. The molecule has 1 aliphatic rings. The fraction of sp³-hybridized carbons (Fsp3) is 1.00. The van der Waals surface area contributed by atoms with Gasteiger partial charge in [0.15, 0.2) is 0 Å². The van der Waals surface area contributed by atoms with Crippen LogP contribution in [0.4, 0.5) is 0 Å². The molecule has 0 aromatic heterocycles. The zero-order valence-corrected chi connectivity index (χ0v) is 9.79. The van der Waals surface area contributed by atoms with Crippen molar-refractivity contribution in [3.63, 3.8) is 0 Å². The first-order chi connectivity index (χ1) is 7.03. The SMILES string of the molecule is CCOCCS(=O)(=O)NCC1CC(O)C1. The highest BCUT2D eigenvalue weighted by Gasteiger charge is 2.27. The van der Waals surface area contributed by atoms with Gasteiger partial charge >= 0.3 is 0 Å². The van der Waals surface area contributed by atoms with Gasteiger partial charge in [-0.05, 0) is 25.7 Å². The summed E-state index contributed by atoms with van der Waals surface area (Å²) in [6, 6.07) is 0. The Kier molecular flexibility index (Phi) is 4.98. The first-order valence-corrected chi connectivity index (χ1v) is 6.92. The normalized spacial score (nSPS) is 26.3. The minimum absolute atomic E-state index is 0.0100.